The molecule has 0 amide bonds. The Labute approximate surface area is 168 Å². The van der Waals surface area contributed by atoms with Crippen molar-refractivity contribution in [3.05, 3.63) is 59.2 Å². The number of carbonyl (C=O) groups is 2. The molecule has 0 heterocycles. The van der Waals surface area contributed by atoms with Gasteiger partial charge >= 0.3 is 11.9 Å². The third kappa shape index (κ3) is 6.44. The molecule has 6 nitrogen and oxygen atoms in total. The molecule has 0 aliphatic heterocycles. The lowest BCUT2D eigenvalue weighted by Crippen LogP contribution is -2.17. The minimum absolute atomic E-state index is 0.0670. The van der Waals surface area contributed by atoms with Crippen molar-refractivity contribution < 1.29 is 27.8 Å². The summed E-state index contributed by atoms with van der Waals surface area (Å²) in [6.07, 6.45) is -0.222. The van der Waals surface area contributed by atoms with E-state index in [0.717, 1.165) is 0 Å². The Morgan fingerprint density at radius 2 is 1.21 bits per heavy atom. The number of nitrogens with one attached hydrogen (secondary N) is 2. The molecule has 0 aliphatic carbocycles. The lowest BCUT2D eigenvalue weighted by atomic mass is 10.1. The van der Waals surface area contributed by atoms with Crippen molar-refractivity contribution in [1.82, 2.24) is 0 Å². The van der Waals surface area contributed by atoms with Crippen LogP contribution in [0.25, 0.3) is 0 Å². The maximum Gasteiger partial charge on any atom is 0.317 e. The Kier molecular flexibility index (Phi) is 8.39. The average Bonchev–Trinajstić information content (AvgIpc) is 2.70. The van der Waals surface area contributed by atoms with Gasteiger partial charge in [-0.25, -0.2) is 8.78 Å². The van der Waals surface area contributed by atoms with Crippen molar-refractivity contribution in [2.24, 2.45) is 0 Å². The summed E-state index contributed by atoms with van der Waals surface area (Å²) in [6.45, 7) is -0.134. The summed E-state index contributed by atoms with van der Waals surface area (Å²) in [4.78, 5) is 23.5. The maximum atomic E-state index is 13.8. The first-order valence-corrected chi connectivity index (χ1v) is 9.17. The van der Waals surface area contributed by atoms with E-state index in [4.69, 9.17) is 9.47 Å². The van der Waals surface area contributed by atoms with Crippen LogP contribution < -0.4 is 10.6 Å². The number of benzene rings is 2. The van der Waals surface area contributed by atoms with E-state index in [1.165, 1.54) is 12.1 Å². The van der Waals surface area contributed by atoms with Gasteiger partial charge in [0.1, 0.15) is 18.1 Å². The molecule has 0 fully saturated rings. The Hall–Kier alpha value is -3.16. The third-order valence-corrected chi connectivity index (χ3v) is 4.30. The zero-order valence-electron chi connectivity index (χ0n) is 16.4. The predicted molar refractivity (Wildman–Crippen MR) is 106 cm³/mol. The lowest BCUT2D eigenvalue weighted by Gasteiger charge is -2.11. The molecule has 0 radical (unpaired) electrons. The molecule has 2 rings (SSSR count). The van der Waals surface area contributed by atoms with Crippen LogP contribution in [-0.2, 0) is 31.9 Å². The van der Waals surface area contributed by atoms with E-state index in [0.29, 0.717) is 22.5 Å². The number of hydrogen-bond acceptors (Lipinski definition) is 6. The highest BCUT2D eigenvalue weighted by atomic mass is 19.1. The predicted octanol–water partition coefficient (Wildman–Crippen LogP) is 3.31. The van der Waals surface area contributed by atoms with E-state index in [1.54, 1.807) is 38.4 Å². The SMILES string of the molecule is CNc1cccc(F)c1CCOC(=O)CC(=O)OCCc1c(F)cccc1NC. The van der Waals surface area contributed by atoms with Crippen LogP contribution in [0, 0.1) is 11.6 Å². The number of rotatable bonds is 10. The quantitative estimate of drug-likeness (QED) is 0.466. The van der Waals surface area contributed by atoms with Crippen molar-refractivity contribution in [2.75, 3.05) is 37.9 Å². The highest BCUT2D eigenvalue weighted by Crippen LogP contribution is 2.20. The molecule has 2 aromatic carbocycles. The van der Waals surface area contributed by atoms with Crippen LogP contribution >= 0.6 is 0 Å². The summed E-state index contributed by atoms with van der Waals surface area (Å²) in [5, 5.41) is 5.74. The molecule has 0 bridgehead atoms. The number of ether oxygens (including phenoxy) is 2. The average molecular weight is 406 g/mol. The molecule has 0 saturated carbocycles. The molecular formula is C21H24F2N2O4. The molecule has 0 aliphatic rings. The van der Waals surface area contributed by atoms with Gasteiger partial charge in [0.15, 0.2) is 0 Å². The van der Waals surface area contributed by atoms with E-state index in [2.05, 4.69) is 10.6 Å². The molecule has 29 heavy (non-hydrogen) atoms. The lowest BCUT2D eigenvalue weighted by molar-refractivity contribution is -0.154. The first-order valence-electron chi connectivity index (χ1n) is 9.17. The van der Waals surface area contributed by atoms with Crippen LogP contribution in [0.4, 0.5) is 20.2 Å². The Morgan fingerprint density at radius 1 is 0.793 bits per heavy atom. The molecular weight excluding hydrogens is 382 g/mol. The zero-order valence-corrected chi connectivity index (χ0v) is 16.4. The number of esters is 2. The summed E-state index contributed by atoms with van der Waals surface area (Å²) < 4.78 is 37.7. The largest absolute Gasteiger partial charge is 0.465 e. The third-order valence-electron chi connectivity index (χ3n) is 4.30. The fourth-order valence-electron chi connectivity index (χ4n) is 2.85. The van der Waals surface area contributed by atoms with Crippen molar-refractivity contribution in [3.63, 3.8) is 0 Å². The van der Waals surface area contributed by atoms with Gasteiger partial charge in [0.25, 0.3) is 0 Å². The van der Waals surface area contributed by atoms with Crippen molar-refractivity contribution in [2.45, 2.75) is 19.3 Å². The van der Waals surface area contributed by atoms with Gasteiger partial charge in [-0.2, -0.15) is 0 Å². The number of hydrogen-bond donors (Lipinski definition) is 2. The maximum absolute atomic E-state index is 13.8. The van der Waals surface area contributed by atoms with Crippen LogP contribution in [-0.4, -0.2) is 39.2 Å². The van der Waals surface area contributed by atoms with Crippen LogP contribution in [0.15, 0.2) is 36.4 Å². The minimum atomic E-state index is -0.765. The van der Waals surface area contributed by atoms with Gasteiger partial charge in [-0.3, -0.25) is 9.59 Å². The molecule has 2 N–H and O–H groups in total. The molecule has 0 spiro atoms. The van der Waals surface area contributed by atoms with Gasteiger partial charge in [-0.1, -0.05) is 12.1 Å². The second kappa shape index (κ2) is 11.0. The van der Waals surface area contributed by atoms with Crippen LogP contribution in [0.2, 0.25) is 0 Å². The Morgan fingerprint density at radius 3 is 1.59 bits per heavy atom. The Bertz CT molecular complexity index is 789. The molecule has 0 aromatic heterocycles. The van der Waals surface area contributed by atoms with E-state index in [9.17, 15) is 18.4 Å². The van der Waals surface area contributed by atoms with Gasteiger partial charge in [0.05, 0.1) is 13.2 Å². The standard InChI is InChI=1S/C21H24F2N2O4/c1-24-18-7-3-5-16(22)14(18)9-11-28-20(26)13-21(27)29-12-10-15-17(23)6-4-8-19(15)25-2/h3-8,24-25H,9-13H2,1-2H3. The number of halogens is 2. The zero-order chi connectivity index (χ0) is 21.2. The molecule has 8 heteroatoms. The van der Waals surface area contributed by atoms with Gasteiger partial charge in [-0.05, 0) is 24.3 Å². The smallest absolute Gasteiger partial charge is 0.317 e. The summed E-state index contributed by atoms with van der Waals surface area (Å²) in [7, 11) is 3.34. The number of anilines is 2. The molecule has 2 aromatic rings. The molecule has 0 atom stereocenters. The van der Waals surface area contributed by atoms with Crippen LogP contribution in [0.3, 0.4) is 0 Å². The fourth-order valence-corrected chi connectivity index (χ4v) is 2.85. The fraction of sp³-hybridized carbons (Fsp3) is 0.333. The highest BCUT2D eigenvalue weighted by Gasteiger charge is 2.15. The van der Waals surface area contributed by atoms with Crippen LogP contribution in [0.1, 0.15) is 17.5 Å². The minimum Gasteiger partial charge on any atom is -0.465 e. The molecule has 0 saturated heterocycles. The van der Waals surface area contributed by atoms with Crippen LogP contribution in [0.5, 0.6) is 0 Å². The van der Waals surface area contributed by atoms with E-state index in [1.807, 2.05) is 0 Å². The normalized spacial score (nSPS) is 10.3. The second-order valence-corrected chi connectivity index (χ2v) is 6.15. The topological polar surface area (TPSA) is 76.7 Å². The summed E-state index contributed by atoms with van der Waals surface area (Å²) in [6, 6.07) is 9.23. The van der Waals surface area contributed by atoms with E-state index < -0.39 is 30.0 Å². The first-order chi connectivity index (χ1) is 14.0. The summed E-state index contributed by atoms with van der Waals surface area (Å²) in [5.41, 5.74) is 2.01. The van der Waals surface area contributed by atoms with Crippen molar-refractivity contribution in [3.8, 4) is 0 Å². The van der Waals surface area contributed by atoms with Gasteiger partial charge in [0.2, 0.25) is 0 Å². The highest BCUT2D eigenvalue weighted by molar-refractivity contribution is 5.91. The van der Waals surface area contributed by atoms with Gasteiger partial charge < -0.3 is 20.1 Å². The second-order valence-electron chi connectivity index (χ2n) is 6.15. The first kappa shape index (κ1) is 22.1. The number of carbonyl (C=O) groups excluding carboxylic acids is 2. The molecule has 0 unspecified atom stereocenters. The van der Waals surface area contributed by atoms with Gasteiger partial charge in [0, 0.05) is 49.4 Å². The van der Waals surface area contributed by atoms with Crippen molar-refractivity contribution in [1.29, 1.82) is 0 Å². The van der Waals surface area contributed by atoms with Crippen molar-refractivity contribution >= 4 is 23.3 Å². The van der Waals surface area contributed by atoms with E-state index in [-0.39, 0.29) is 26.1 Å². The monoisotopic (exact) mass is 406 g/mol. The Balaban J connectivity index is 1.74. The summed E-state index contributed by atoms with van der Waals surface area (Å²) in [5.74, 6) is -2.33. The van der Waals surface area contributed by atoms with E-state index >= 15 is 0 Å². The molecule has 156 valence electrons. The van der Waals surface area contributed by atoms with Gasteiger partial charge in [-0.15, -0.1) is 0 Å². The summed E-state index contributed by atoms with van der Waals surface area (Å²) >= 11 is 0.